The first-order chi connectivity index (χ1) is 12.4. The molecule has 0 aliphatic rings. The van der Waals surface area contributed by atoms with Gasteiger partial charge in [0.05, 0.1) is 5.56 Å². The van der Waals surface area contributed by atoms with Crippen LogP contribution in [-0.2, 0) is 9.09 Å². The van der Waals surface area contributed by atoms with Gasteiger partial charge in [0, 0.05) is 5.92 Å². The van der Waals surface area contributed by atoms with Gasteiger partial charge in [-0.15, -0.1) is 0 Å². The van der Waals surface area contributed by atoms with Crippen molar-refractivity contribution in [2.24, 2.45) is 0 Å². The van der Waals surface area contributed by atoms with Crippen LogP contribution in [0.3, 0.4) is 0 Å². The summed E-state index contributed by atoms with van der Waals surface area (Å²) in [5, 5.41) is 0. The first kappa shape index (κ1) is 18.1. The molecule has 6 heteroatoms. The van der Waals surface area contributed by atoms with E-state index in [1.54, 1.807) is 12.1 Å². The molecule has 3 aromatic carbocycles. The quantitative estimate of drug-likeness (QED) is 0.523. The molecule has 0 amide bonds. The highest BCUT2D eigenvalue weighted by atomic mass is 31.2. The van der Waals surface area contributed by atoms with Gasteiger partial charge in [-0.1, -0.05) is 72.8 Å². The SMILES string of the molecule is O=C(OP(=O)(O)O)c1ccc(C(c2ccccc2)c2ccccc2)cc1. The first-order valence-electron chi connectivity index (χ1n) is 7.93. The predicted molar refractivity (Wildman–Crippen MR) is 97.7 cm³/mol. The van der Waals surface area contributed by atoms with E-state index in [0.717, 1.165) is 16.7 Å². The van der Waals surface area contributed by atoms with Crippen molar-refractivity contribution in [3.63, 3.8) is 0 Å². The number of phosphoric acid groups is 1. The second-order valence-electron chi connectivity index (χ2n) is 5.75. The zero-order valence-electron chi connectivity index (χ0n) is 13.7. The minimum Gasteiger partial charge on any atom is -0.367 e. The molecule has 3 aromatic rings. The molecule has 0 aromatic heterocycles. The zero-order chi connectivity index (χ0) is 18.6. The van der Waals surface area contributed by atoms with Gasteiger partial charge in [-0.25, -0.2) is 9.36 Å². The monoisotopic (exact) mass is 368 g/mol. The number of phosphoric ester groups is 1. The maximum absolute atomic E-state index is 11.8. The molecule has 0 aliphatic carbocycles. The number of rotatable bonds is 5. The molecule has 0 bridgehead atoms. The van der Waals surface area contributed by atoms with E-state index in [2.05, 4.69) is 4.52 Å². The van der Waals surface area contributed by atoms with E-state index in [9.17, 15) is 9.36 Å². The lowest BCUT2D eigenvalue weighted by atomic mass is 9.85. The van der Waals surface area contributed by atoms with Crippen LogP contribution in [0.5, 0.6) is 0 Å². The molecule has 0 saturated carbocycles. The lowest BCUT2D eigenvalue weighted by Crippen LogP contribution is -2.06. The molecule has 26 heavy (non-hydrogen) atoms. The van der Waals surface area contributed by atoms with Crippen molar-refractivity contribution in [3.05, 3.63) is 107 Å². The molecule has 3 rings (SSSR count). The highest BCUT2D eigenvalue weighted by Gasteiger charge is 2.22. The van der Waals surface area contributed by atoms with Crippen LogP contribution in [-0.4, -0.2) is 15.8 Å². The fourth-order valence-corrected chi connectivity index (χ4v) is 3.16. The van der Waals surface area contributed by atoms with Crippen LogP contribution in [0.15, 0.2) is 84.9 Å². The molecule has 0 radical (unpaired) electrons. The molecule has 0 saturated heterocycles. The second-order valence-corrected chi connectivity index (χ2v) is 6.91. The Labute approximate surface area is 151 Å². The Balaban J connectivity index is 1.96. The highest BCUT2D eigenvalue weighted by molar-refractivity contribution is 7.46. The molecule has 0 heterocycles. The van der Waals surface area contributed by atoms with Gasteiger partial charge in [-0.05, 0) is 28.8 Å². The molecular weight excluding hydrogens is 351 g/mol. The lowest BCUT2D eigenvalue weighted by molar-refractivity contribution is 0.0678. The van der Waals surface area contributed by atoms with Crippen LogP contribution in [0.1, 0.15) is 33.0 Å². The van der Waals surface area contributed by atoms with Gasteiger partial charge in [-0.3, -0.25) is 9.79 Å². The number of hydrogen-bond acceptors (Lipinski definition) is 3. The average molecular weight is 368 g/mol. The Hall–Kier alpha value is -2.72. The summed E-state index contributed by atoms with van der Waals surface area (Å²) in [6, 6.07) is 26.5. The summed E-state index contributed by atoms with van der Waals surface area (Å²) < 4.78 is 14.9. The van der Waals surface area contributed by atoms with Crippen LogP contribution >= 0.6 is 7.82 Å². The molecule has 2 N–H and O–H groups in total. The Kier molecular flexibility index (Phi) is 5.33. The molecule has 0 fully saturated rings. The first-order valence-corrected chi connectivity index (χ1v) is 9.46. The Morgan fingerprint density at radius 1 is 0.731 bits per heavy atom. The van der Waals surface area contributed by atoms with E-state index in [1.165, 1.54) is 12.1 Å². The van der Waals surface area contributed by atoms with Crippen LogP contribution < -0.4 is 0 Å². The normalized spacial score (nSPS) is 11.3. The van der Waals surface area contributed by atoms with Crippen molar-refractivity contribution < 1.29 is 23.7 Å². The standard InChI is InChI=1S/C20H17O5P/c21-20(25-26(22,23)24)18-13-11-17(12-14-18)19(15-7-3-1-4-8-15)16-9-5-2-6-10-16/h1-14,19H,(H2,22,23,24). The van der Waals surface area contributed by atoms with Crippen molar-refractivity contribution in [2.45, 2.75) is 5.92 Å². The number of carbonyl (C=O) groups excluding carboxylic acids is 1. The van der Waals surface area contributed by atoms with Gasteiger partial charge in [0.15, 0.2) is 0 Å². The summed E-state index contributed by atoms with van der Waals surface area (Å²) in [7, 11) is -4.86. The molecule has 0 unspecified atom stereocenters. The van der Waals surface area contributed by atoms with E-state index in [0.29, 0.717) is 0 Å². The zero-order valence-corrected chi connectivity index (χ0v) is 14.6. The van der Waals surface area contributed by atoms with Crippen molar-refractivity contribution in [1.29, 1.82) is 0 Å². The van der Waals surface area contributed by atoms with Crippen LogP contribution in [0.25, 0.3) is 0 Å². The van der Waals surface area contributed by atoms with Crippen molar-refractivity contribution in [3.8, 4) is 0 Å². The molecule has 5 nitrogen and oxygen atoms in total. The van der Waals surface area contributed by atoms with Crippen LogP contribution in [0.4, 0.5) is 0 Å². The van der Waals surface area contributed by atoms with Gasteiger partial charge in [0.1, 0.15) is 0 Å². The van der Waals surface area contributed by atoms with E-state index >= 15 is 0 Å². The summed E-state index contributed by atoms with van der Waals surface area (Å²) in [5.74, 6) is -1.08. The fourth-order valence-electron chi connectivity index (χ4n) is 2.84. The summed E-state index contributed by atoms with van der Waals surface area (Å²) in [5.41, 5.74) is 3.24. The van der Waals surface area contributed by atoms with E-state index in [1.807, 2.05) is 60.7 Å². The number of hydrogen-bond donors (Lipinski definition) is 2. The molecule has 0 atom stereocenters. The summed E-state index contributed by atoms with van der Waals surface area (Å²) in [4.78, 5) is 29.3. The third-order valence-electron chi connectivity index (χ3n) is 3.95. The van der Waals surface area contributed by atoms with Crippen LogP contribution in [0, 0.1) is 0 Å². The van der Waals surface area contributed by atoms with E-state index in [4.69, 9.17) is 9.79 Å². The third-order valence-corrected chi connectivity index (χ3v) is 4.35. The molecule has 0 aliphatic heterocycles. The molecular formula is C20H17O5P. The van der Waals surface area contributed by atoms with Crippen molar-refractivity contribution >= 4 is 13.8 Å². The minimum atomic E-state index is -4.86. The maximum Gasteiger partial charge on any atom is 0.527 e. The smallest absolute Gasteiger partial charge is 0.367 e. The summed E-state index contributed by atoms with van der Waals surface area (Å²) in [6.45, 7) is 0. The second kappa shape index (κ2) is 7.67. The van der Waals surface area contributed by atoms with E-state index in [-0.39, 0.29) is 11.5 Å². The van der Waals surface area contributed by atoms with Crippen molar-refractivity contribution in [1.82, 2.24) is 0 Å². The number of benzene rings is 3. The predicted octanol–water partition coefficient (Wildman–Crippen LogP) is 4.12. The Morgan fingerprint density at radius 3 is 1.58 bits per heavy atom. The van der Waals surface area contributed by atoms with Crippen molar-refractivity contribution in [2.75, 3.05) is 0 Å². The molecule has 0 spiro atoms. The maximum atomic E-state index is 11.8. The minimum absolute atomic E-state index is 0.0238. The van der Waals surface area contributed by atoms with Gasteiger partial charge in [0.25, 0.3) is 0 Å². The summed E-state index contributed by atoms with van der Waals surface area (Å²) in [6.07, 6.45) is 0. The Bertz CT molecular complexity index is 878. The molecule has 132 valence electrons. The van der Waals surface area contributed by atoms with Crippen LogP contribution in [0.2, 0.25) is 0 Å². The third kappa shape index (κ3) is 4.46. The van der Waals surface area contributed by atoms with E-state index < -0.39 is 13.8 Å². The average Bonchev–Trinajstić information content (AvgIpc) is 2.63. The van der Waals surface area contributed by atoms with Gasteiger partial charge in [-0.2, -0.15) is 0 Å². The lowest BCUT2D eigenvalue weighted by Gasteiger charge is -2.19. The van der Waals surface area contributed by atoms with Gasteiger partial charge < -0.3 is 4.52 Å². The Morgan fingerprint density at radius 2 is 1.15 bits per heavy atom. The van der Waals surface area contributed by atoms with Gasteiger partial charge in [0.2, 0.25) is 0 Å². The largest absolute Gasteiger partial charge is 0.527 e. The topological polar surface area (TPSA) is 83.8 Å². The fraction of sp³-hybridized carbons (Fsp3) is 0.0500. The number of carbonyl (C=O) groups is 1. The van der Waals surface area contributed by atoms with Gasteiger partial charge >= 0.3 is 13.8 Å². The highest BCUT2D eigenvalue weighted by Crippen LogP contribution is 2.37. The summed E-state index contributed by atoms with van der Waals surface area (Å²) >= 11 is 0.